The van der Waals surface area contributed by atoms with Gasteiger partial charge in [0.2, 0.25) is 17.5 Å². The minimum absolute atomic E-state index is 0.0458. The van der Waals surface area contributed by atoms with Gasteiger partial charge in [-0.3, -0.25) is 0 Å². The first-order chi connectivity index (χ1) is 11.0. The second-order valence-electron chi connectivity index (χ2n) is 4.36. The Balaban J connectivity index is 0. The standard InChI is InChI=1S/C8H11F5.C4F8/c1-2-3-4-5-8(12,13)6(9)7(10)11;5-1(3(7,8)9)2(6)4(10,11)12/h2-5H2,1H3;. The highest BCUT2D eigenvalue weighted by molar-refractivity contribution is 5.10. The van der Waals surface area contributed by atoms with Crippen molar-refractivity contribution >= 4 is 0 Å². The lowest BCUT2D eigenvalue weighted by molar-refractivity contribution is -0.139. The molecule has 0 saturated heterocycles. The molecule has 0 aliphatic carbocycles. The molecule has 150 valence electrons. The van der Waals surface area contributed by atoms with Gasteiger partial charge in [0.25, 0.3) is 0 Å². The Morgan fingerprint density at radius 1 is 0.600 bits per heavy atom. The van der Waals surface area contributed by atoms with Crippen LogP contribution < -0.4 is 0 Å². The summed E-state index contributed by atoms with van der Waals surface area (Å²) in [5, 5.41) is 0. The van der Waals surface area contributed by atoms with Crippen LogP contribution in [0.5, 0.6) is 0 Å². The first-order valence-electron chi connectivity index (χ1n) is 6.27. The molecule has 0 unspecified atom stereocenters. The molecule has 0 aromatic rings. The monoisotopic (exact) mass is 402 g/mol. The van der Waals surface area contributed by atoms with E-state index in [2.05, 4.69) is 0 Å². The van der Waals surface area contributed by atoms with E-state index in [-0.39, 0.29) is 6.42 Å². The zero-order valence-corrected chi connectivity index (χ0v) is 12.2. The summed E-state index contributed by atoms with van der Waals surface area (Å²) in [5.41, 5.74) is 0. The molecule has 25 heavy (non-hydrogen) atoms. The van der Waals surface area contributed by atoms with Crippen LogP contribution in [0.2, 0.25) is 0 Å². The van der Waals surface area contributed by atoms with E-state index in [1.54, 1.807) is 6.92 Å². The lowest BCUT2D eigenvalue weighted by Crippen LogP contribution is -2.17. The molecule has 0 aliphatic rings. The fourth-order valence-electron chi connectivity index (χ4n) is 1.09. The highest BCUT2D eigenvalue weighted by Crippen LogP contribution is 2.37. The van der Waals surface area contributed by atoms with Crippen molar-refractivity contribution < 1.29 is 57.1 Å². The van der Waals surface area contributed by atoms with Gasteiger partial charge < -0.3 is 0 Å². The maximum absolute atomic E-state index is 12.5. The van der Waals surface area contributed by atoms with Gasteiger partial charge >= 0.3 is 24.4 Å². The van der Waals surface area contributed by atoms with Crippen LogP contribution in [0.15, 0.2) is 23.6 Å². The second-order valence-corrected chi connectivity index (χ2v) is 4.36. The summed E-state index contributed by atoms with van der Waals surface area (Å²) in [6, 6.07) is 0. The number of rotatable bonds is 5. The molecular formula is C12H11F13. The molecule has 0 spiro atoms. The second kappa shape index (κ2) is 9.90. The van der Waals surface area contributed by atoms with E-state index in [1.807, 2.05) is 0 Å². The van der Waals surface area contributed by atoms with Gasteiger partial charge in [-0.25, -0.2) is 0 Å². The highest BCUT2D eigenvalue weighted by atomic mass is 19.4. The van der Waals surface area contributed by atoms with Gasteiger partial charge in [-0.1, -0.05) is 19.8 Å². The van der Waals surface area contributed by atoms with Crippen molar-refractivity contribution in [2.75, 3.05) is 0 Å². The SMILES string of the molecule is CCCCCC(F)(F)C(F)=C(F)F.FC(=C(F)C(F)(F)F)C(F)(F)F. The van der Waals surface area contributed by atoms with E-state index >= 15 is 0 Å². The summed E-state index contributed by atoms with van der Waals surface area (Å²) in [4.78, 5) is 0. The Bertz CT molecular complexity index is 440. The van der Waals surface area contributed by atoms with Crippen molar-refractivity contribution in [3.05, 3.63) is 23.6 Å². The smallest absolute Gasteiger partial charge is 0.199 e. The minimum Gasteiger partial charge on any atom is -0.199 e. The third-order valence-electron chi connectivity index (χ3n) is 2.27. The Labute approximate surface area is 133 Å². The molecule has 0 rings (SSSR count). The number of hydrogen-bond acceptors (Lipinski definition) is 0. The zero-order chi connectivity index (χ0) is 20.6. The zero-order valence-electron chi connectivity index (χ0n) is 12.2. The van der Waals surface area contributed by atoms with Gasteiger partial charge in [-0.15, -0.1) is 0 Å². The highest BCUT2D eigenvalue weighted by Gasteiger charge is 2.47. The average molecular weight is 402 g/mol. The summed E-state index contributed by atoms with van der Waals surface area (Å²) in [6.45, 7) is 1.78. The molecule has 0 aromatic heterocycles. The van der Waals surface area contributed by atoms with E-state index < -0.39 is 48.3 Å². The molecule has 0 aromatic carbocycles. The van der Waals surface area contributed by atoms with Crippen molar-refractivity contribution in [3.63, 3.8) is 0 Å². The number of halogens is 13. The topological polar surface area (TPSA) is 0 Å². The van der Waals surface area contributed by atoms with E-state index in [9.17, 15) is 57.1 Å². The molecule has 13 heteroatoms. The van der Waals surface area contributed by atoms with Crippen LogP contribution in [0.4, 0.5) is 57.1 Å². The largest absolute Gasteiger partial charge is 0.445 e. The molecule has 0 fully saturated rings. The van der Waals surface area contributed by atoms with Crippen molar-refractivity contribution in [2.24, 2.45) is 0 Å². The van der Waals surface area contributed by atoms with E-state index in [0.29, 0.717) is 12.8 Å². The predicted octanol–water partition coefficient (Wildman–Crippen LogP) is 7.54. The fraction of sp³-hybridized carbons (Fsp3) is 0.667. The molecular weight excluding hydrogens is 391 g/mol. The molecule has 0 aliphatic heterocycles. The molecule has 0 saturated carbocycles. The van der Waals surface area contributed by atoms with Gasteiger partial charge in [-0.2, -0.15) is 57.1 Å². The van der Waals surface area contributed by atoms with Crippen LogP contribution in [-0.4, -0.2) is 18.3 Å². The van der Waals surface area contributed by atoms with Crippen LogP contribution in [-0.2, 0) is 0 Å². The van der Waals surface area contributed by atoms with E-state index in [4.69, 9.17) is 0 Å². The van der Waals surface area contributed by atoms with E-state index in [0.717, 1.165) is 0 Å². The minimum atomic E-state index is -5.94. The number of unbranched alkanes of at least 4 members (excludes halogenated alkanes) is 2. The molecule has 0 bridgehead atoms. The molecule has 0 amide bonds. The fourth-order valence-corrected chi connectivity index (χ4v) is 1.09. The van der Waals surface area contributed by atoms with Gasteiger partial charge in [0, 0.05) is 6.42 Å². The van der Waals surface area contributed by atoms with Crippen LogP contribution in [0.3, 0.4) is 0 Å². The normalized spacial score (nSPS) is 13.7. The van der Waals surface area contributed by atoms with E-state index in [1.165, 1.54) is 0 Å². The van der Waals surface area contributed by atoms with Crippen molar-refractivity contribution in [1.82, 2.24) is 0 Å². The van der Waals surface area contributed by atoms with Crippen molar-refractivity contribution in [1.29, 1.82) is 0 Å². The van der Waals surface area contributed by atoms with Crippen LogP contribution in [0, 0.1) is 0 Å². The average Bonchev–Trinajstić information content (AvgIpc) is 2.43. The Hall–Kier alpha value is -1.43. The predicted molar refractivity (Wildman–Crippen MR) is 60.8 cm³/mol. The Morgan fingerprint density at radius 2 is 0.960 bits per heavy atom. The maximum Gasteiger partial charge on any atom is 0.445 e. The van der Waals surface area contributed by atoms with Crippen molar-refractivity contribution in [3.8, 4) is 0 Å². The number of alkyl halides is 8. The molecule has 0 N–H and O–H groups in total. The third kappa shape index (κ3) is 10.2. The number of hydrogen-bond donors (Lipinski definition) is 0. The Kier molecular flexibility index (Phi) is 10.2. The first kappa shape index (κ1) is 25.8. The van der Waals surface area contributed by atoms with Gasteiger partial charge in [0.05, 0.1) is 0 Å². The Morgan fingerprint density at radius 3 is 1.20 bits per heavy atom. The first-order valence-corrected chi connectivity index (χ1v) is 6.27. The third-order valence-corrected chi connectivity index (χ3v) is 2.27. The maximum atomic E-state index is 12.5. The lowest BCUT2D eigenvalue weighted by Gasteiger charge is -2.12. The number of allylic oxidation sites excluding steroid dienone is 3. The van der Waals surface area contributed by atoms with Crippen LogP contribution in [0.25, 0.3) is 0 Å². The summed E-state index contributed by atoms with van der Waals surface area (Å²) in [6.07, 6.45) is -14.5. The van der Waals surface area contributed by atoms with Gasteiger partial charge in [0.15, 0.2) is 0 Å². The molecule has 0 heterocycles. The van der Waals surface area contributed by atoms with Crippen molar-refractivity contribution in [2.45, 2.75) is 50.9 Å². The molecule has 0 atom stereocenters. The van der Waals surface area contributed by atoms with Gasteiger partial charge in [-0.05, 0) is 6.42 Å². The summed E-state index contributed by atoms with van der Waals surface area (Å²) in [7, 11) is 0. The van der Waals surface area contributed by atoms with Crippen LogP contribution >= 0.6 is 0 Å². The summed E-state index contributed by atoms with van der Waals surface area (Å²) < 4.78 is 149. The van der Waals surface area contributed by atoms with Gasteiger partial charge in [0.1, 0.15) is 0 Å². The summed E-state index contributed by atoms with van der Waals surface area (Å²) >= 11 is 0. The quantitative estimate of drug-likeness (QED) is 0.329. The molecule has 0 nitrogen and oxygen atoms in total. The van der Waals surface area contributed by atoms with Crippen LogP contribution in [0.1, 0.15) is 32.6 Å². The summed E-state index contributed by atoms with van der Waals surface area (Å²) in [5.74, 6) is -14.1. The molecule has 0 radical (unpaired) electrons. The lowest BCUT2D eigenvalue weighted by atomic mass is 10.1.